The van der Waals surface area contributed by atoms with E-state index in [4.69, 9.17) is 4.74 Å². The van der Waals surface area contributed by atoms with Gasteiger partial charge in [-0.15, -0.1) is 0 Å². The molecule has 2 aromatic carbocycles. The molecule has 164 valence electrons. The zero-order valence-corrected chi connectivity index (χ0v) is 17.1. The van der Waals surface area contributed by atoms with Gasteiger partial charge in [-0.05, 0) is 74.1 Å². The highest BCUT2D eigenvalue weighted by Gasteiger charge is 2.37. The van der Waals surface area contributed by atoms with E-state index in [-0.39, 0.29) is 24.1 Å². The molecule has 1 saturated carbocycles. The average Bonchev–Trinajstić information content (AvgIpc) is 3.04. The fraction of sp³-hybridized carbons (Fsp3) is 0.348. The van der Waals surface area contributed by atoms with Crippen LogP contribution >= 0.6 is 0 Å². The lowest BCUT2D eigenvalue weighted by atomic mass is 9.75. The third-order valence-corrected chi connectivity index (χ3v) is 5.61. The number of aromatic nitrogens is 1. The standard InChI is InChI=1S/C23H23F3N2O3/c1-23(2,11-29)28-22(30)31-16-7-13(8-16)19-17-9-15(25)10-18(26)21(17)27-20(19)12-3-5-14(24)6-4-12/h3-6,9-10,13,16,27,29H,7-8,11H2,1-2H3,(H,28,30)/t13-,16-. The van der Waals surface area contributed by atoms with E-state index in [9.17, 15) is 23.1 Å². The number of nitrogens with one attached hydrogen (secondary N) is 2. The first-order valence-corrected chi connectivity index (χ1v) is 10.0. The van der Waals surface area contributed by atoms with Crippen LogP contribution in [0.1, 0.15) is 38.2 Å². The number of hydrogen-bond donors (Lipinski definition) is 3. The van der Waals surface area contributed by atoms with Crippen LogP contribution in [-0.2, 0) is 4.74 Å². The Morgan fingerprint density at radius 1 is 1.16 bits per heavy atom. The number of ether oxygens (including phenoxy) is 1. The lowest BCUT2D eigenvalue weighted by molar-refractivity contribution is 0.0324. The highest BCUT2D eigenvalue weighted by Crippen LogP contribution is 2.46. The van der Waals surface area contributed by atoms with Gasteiger partial charge in [-0.2, -0.15) is 0 Å². The molecule has 1 heterocycles. The molecule has 0 spiro atoms. The molecular weight excluding hydrogens is 409 g/mol. The van der Waals surface area contributed by atoms with Gasteiger partial charge in [0.15, 0.2) is 0 Å². The maximum Gasteiger partial charge on any atom is 0.407 e. The summed E-state index contributed by atoms with van der Waals surface area (Å²) in [7, 11) is 0. The lowest BCUT2D eigenvalue weighted by Gasteiger charge is -2.36. The zero-order chi connectivity index (χ0) is 22.3. The summed E-state index contributed by atoms with van der Waals surface area (Å²) < 4.78 is 47.2. The minimum Gasteiger partial charge on any atom is -0.446 e. The van der Waals surface area contributed by atoms with E-state index in [1.54, 1.807) is 26.0 Å². The summed E-state index contributed by atoms with van der Waals surface area (Å²) in [5.41, 5.74) is 1.34. The molecular formula is C23H23F3N2O3. The van der Waals surface area contributed by atoms with Gasteiger partial charge in [0.25, 0.3) is 0 Å². The Hall–Kier alpha value is -3.00. The minimum absolute atomic E-state index is 0.0985. The van der Waals surface area contributed by atoms with E-state index in [1.165, 1.54) is 18.2 Å². The molecule has 1 aliphatic carbocycles. The van der Waals surface area contributed by atoms with Crippen LogP contribution in [-0.4, -0.2) is 34.4 Å². The number of aliphatic hydroxyl groups excluding tert-OH is 1. The zero-order valence-electron chi connectivity index (χ0n) is 17.1. The highest BCUT2D eigenvalue weighted by molar-refractivity contribution is 5.92. The number of aromatic amines is 1. The molecule has 5 nitrogen and oxygen atoms in total. The lowest BCUT2D eigenvalue weighted by Crippen LogP contribution is -2.48. The van der Waals surface area contributed by atoms with E-state index in [0.717, 1.165) is 11.6 Å². The Labute approximate surface area is 177 Å². The molecule has 0 bridgehead atoms. The van der Waals surface area contributed by atoms with Gasteiger partial charge >= 0.3 is 6.09 Å². The SMILES string of the molecule is CC(C)(CO)NC(=O)O[C@H]1C[C@H](c2c(-c3ccc(F)cc3)[nH]c3c(F)cc(F)cc32)C1. The van der Waals surface area contributed by atoms with Crippen LogP contribution < -0.4 is 5.32 Å². The van der Waals surface area contributed by atoms with Crippen molar-refractivity contribution in [2.75, 3.05) is 6.61 Å². The molecule has 0 radical (unpaired) electrons. The monoisotopic (exact) mass is 432 g/mol. The summed E-state index contributed by atoms with van der Waals surface area (Å²) >= 11 is 0. The minimum atomic E-state index is -0.804. The van der Waals surface area contributed by atoms with Crippen molar-refractivity contribution in [3.63, 3.8) is 0 Å². The predicted molar refractivity (Wildman–Crippen MR) is 110 cm³/mol. The Balaban J connectivity index is 1.61. The largest absolute Gasteiger partial charge is 0.446 e. The number of aliphatic hydroxyl groups is 1. The van der Waals surface area contributed by atoms with Crippen molar-refractivity contribution in [2.24, 2.45) is 0 Å². The summed E-state index contributed by atoms with van der Waals surface area (Å²) in [4.78, 5) is 15.1. The van der Waals surface area contributed by atoms with E-state index < -0.39 is 29.1 Å². The van der Waals surface area contributed by atoms with Gasteiger partial charge in [0, 0.05) is 11.5 Å². The molecule has 0 aliphatic heterocycles. The van der Waals surface area contributed by atoms with Crippen LogP contribution in [0.3, 0.4) is 0 Å². The fourth-order valence-corrected chi connectivity index (χ4v) is 3.90. The van der Waals surface area contributed by atoms with Crippen LogP contribution in [0.4, 0.5) is 18.0 Å². The van der Waals surface area contributed by atoms with Gasteiger partial charge in [-0.3, -0.25) is 0 Å². The first-order valence-electron chi connectivity index (χ1n) is 10.0. The van der Waals surface area contributed by atoms with Crippen molar-refractivity contribution in [3.8, 4) is 11.3 Å². The Bertz CT molecular complexity index is 1120. The third-order valence-electron chi connectivity index (χ3n) is 5.61. The molecule has 3 N–H and O–H groups in total. The van der Waals surface area contributed by atoms with Crippen molar-refractivity contribution in [1.29, 1.82) is 0 Å². The molecule has 0 atom stereocenters. The summed E-state index contributed by atoms with van der Waals surface area (Å²) in [6, 6.07) is 7.87. The van der Waals surface area contributed by atoms with E-state index in [1.807, 2.05) is 0 Å². The van der Waals surface area contributed by atoms with Gasteiger partial charge in [-0.1, -0.05) is 0 Å². The van der Waals surface area contributed by atoms with E-state index in [2.05, 4.69) is 10.3 Å². The number of carbonyl (C=O) groups excluding carboxylic acids is 1. The molecule has 0 unspecified atom stereocenters. The quantitative estimate of drug-likeness (QED) is 0.532. The summed E-state index contributed by atoms with van der Waals surface area (Å²) in [6.45, 7) is 3.10. The van der Waals surface area contributed by atoms with E-state index >= 15 is 0 Å². The number of amides is 1. The van der Waals surface area contributed by atoms with Crippen molar-refractivity contribution in [3.05, 3.63) is 59.4 Å². The molecule has 4 rings (SSSR count). The van der Waals surface area contributed by atoms with Gasteiger partial charge in [0.1, 0.15) is 23.6 Å². The number of H-pyrrole nitrogens is 1. The normalized spacial score (nSPS) is 18.6. The second kappa shape index (κ2) is 7.92. The van der Waals surface area contributed by atoms with Gasteiger partial charge in [0.05, 0.1) is 23.4 Å². The van der Waals surface area contributed by atoms with Gasteiger partial charge in [0.2, 0.25) is 0 Å². The fourth-order valence-electron chi connectivity index (χ4n) is 3.90. The molecule has 8 heteroatoms. The molecule has 1 aliphatic rings. The second-order valence-electron chi connectivity index (χ2n) is 8.59. The van der Waals surface area contributed by atoms with Crippen molar-refractivity contribution < 1.29 is 27.8 Å². The van der Waals surface area contributed by atoms with Crippen LogP contribution in [0, 0.1) is 17.5 Å². The molecule has 1 fully saturated rings. The first-order chi connectivity index (χ1) is 14.7. The number of fused-ring (bicyclic) bond motifs is 1. The highest BCUT2D eigenvalue weighted by atomic mass is 19.1. The molecule has 31 heavy (non-hydrogen) atoms. The first kappa shape index (κ1) is 21.2. The number of halogens is 3. The van der Waals surface area contributed by atoms with E-state index in [0.29, 0.717) is 29.5 Å². The summed E-state index contributed by atoms with van der Waals surface area (Å²) in [5, 5.41) is 12.3. The van der Waals surface area contributed by atoms with Crippen LogP contribution in [0.15, 0.2) is 36.4 Å². The number of hydrogen-bond acceptors (Lipinski definition) is 3. The van der Waals surface area contributed by atoms with Crippen molar-refractivity contribution in [1.82, 2.24) is 10.3 Å². The number of carbonyl (C=O) groups is 1. The number of benzene rings is 2. The van der Waals surface area contributed by atoms with Crippen LogP contribution in [0.2, 0.25) is 0 Å². The topological polar surface area (TPSA) is 74.3 Å². The van der Waals surface area contributed by atoms with Crippen molar-refractivity contribution in [2.45, 2.75) is 44.2 Å². The Morgan fingerprint density at radius 2 is 1.84 bits per heavy atom. The second-order valence-corrected chi connectivity index (χ2v) is 8.59. The van der Waals surface area contributed by atoms with Crippen LogP contribution in [0.5, 0.6) is 0 Å². The van der Waals surface area contributed by atoms with Crippen LogP contribution in [0.25, 0.3) is 22.2 Å². The molecule has 1 aromatic heterocycles. The predicted octanol–water partition coefficient (Wildman–Crippen LogP) is 5.00. The number of rotatable bonds is 5. The average molecular weight is 432 g/mol. The third kappa shape index (κ3) is 4.25. The maximum atomic E-state index is 14.4. The smallest absolute Gasteiger partial charge is 0.407 e. The van der Waals surface area contributed by atoms with Gasteiger partial charge < -0.3 is 20.1 Å². The van der Waals surface area contributed by atoms with Crippen molar-refractivity contribution >= 4 is 17.0 Å². The molecule has 1 amide bonds. The molecule has 3 aromatic rings. The maximum absolute atomic E-state index is 14.4. The Kier molecular flexibility index (Phi) is 5.43. The molecule has 0 saturated heterocycles. The summed E-state index contributed by atoms with van der Waals surface area (Å²) in [5.74, 6) is -1.89. The summed E-state index contributed by atoms with van der Waals surface area (Å²) in [6.07, 6.45) is -0.0282. The Morgan fingerprint density at radius 3 is 2.48 bits per heavy atom. The van der Waals surface area contributed by atoms with Gasteiger partial charge in [-0.25, -0.2) is 18.0 Å². The number of alkyl carbamates (subject to hydrolysis) is 1.